The molecule has 0 radical (unpaired) electrons. The fraction of sp³-hybridized carbons (Fsp3) is 0.188. The van der Waals surface area contributed by atoms with Crippen LogP contribution in [0, 0.1) is 24.1 Å². The number of nitriles is 1. The smallest absolute Gasteiger partial charge is 0.145 e. The Kier molecular flexibility index (Phi) is 4.02. The van der Waals surface area contributed by atoms with Crippen molar-refractivity contribution in [3.8, 4) is 17.6 Å². The molecule has 0 aliphatic heterocycles. The van der Waals surface area contributed by atoms with Crippen molar-refractivity contribution < 1.29 is 9.13 Å². The van der Waals surface area contributed by atoms with Gasteiger partial charge in [-0.05, 0) is 43.7 Å². The summed E-state index contributed by atoms with van der Waals surface area (Å²) in [6.07, 6.45) is 0. The lowest BCUT2D eigenvalue weighted by molar-refractivity contribution is 0.467. The van der Waals surface area contributed by atoms with E-state index in [2.05, 4.69) is 6.07 Å². The molecule has 3 nitrogen and oxygen atoms in total. The maximum atomic E-state index is 13.6. The molecule has 2 aromatic carbocycles. The van der Waals surface area contributed by atoms with Gasteiger partial charge in [0, 0.05) is 11.6 Å². The van der Waals surface area contributed by atoms with Gasteiger partial charge in [0.2, 0.25) is 0 Å². The van der Waals surface area contributed by atoms with Crippen molar-refractivity contribution in [1.29, 1.82) is 5.26 Å². The highest BCUT2D eigenvalue weighted by Crippen LogP contribution is 2.32. The topological polar surface area (TPSA) is 59.0 Å². The summed E-state index contributed by atoms with van der Waals surface area (Å²) < 4.78 is 19.4. The van der Waals surface area contributed by atoms with Gasteiger partial charge in [-0.1, -0.05) is 12.1 Å². The predicted molar refractivity (Wildman–Crippen MR) is 75.0 cm³/mol. The van der Waals surface area contributed by atoms with E-state index in [0.29, 0.717) is 28.2 Å². The summed E-state index contributed by atoms with van der Waals surface area (Å²) >= 11 is 0. The zero-order valence-electron chi connectivity index (χ0n) is 11.4. The van der Waals surface area contributed by atoms with Gasteiger partial charge in [0.15, 0.2) is 0 Å². The largest absolute Gasteiger partial charge is 0.456 e. The first-order valence-corrected chi connectivity index (χ1v) is 6.25. The molecule has 2 aromatic rings. The third-order valence-corrected chi connectivity index (χ3v) is 3.01. The minimum atomic E-state index is -0.366. The molecule has 0 aliphatic carbocycles. The van der Waals surface area contributed by atoms with Crippen LogP contribution in [-0.2, 0) is 0 Å². The van der Waals surface area contributed by atoms with Crippen LogP contribution >= 0.6 is 0 Å². The minimum Gasteiger partial charge on any atom is -0.456 e. The number of benzene rings is 2. The van der Waals surface area contributed by atoms with E-state index >= 15 is 0 Å². The molecular weight excluding hydrogens is 255 g/mol. The van der Waals surface area contributed by atoms with E-state index in [4.69, 9.17) is 15.7 Å². The van der Waals surface area contributed by atoms with Gasteiger partial charge in [0.25, 0.3) is 0 Å². The molecule has 0 aromatic heterocycles. The quantitative estimate of drug-likeness (QED) is 0.922. The van der Waals surface area contributed by atoms with Crippen LogP contribution in [0.5, 0.6) is 11.5 Å². The van der Waals surface area contributed by atoms with Crippen molar-refractivity contribution in [1.82, 2.24) is 0 Å². The number of halogens is 1. The molecular formula is C16H15FN2O. The highest BCUT2D eigenvalue weighted by Gasteiger charge is 2.14. The monoisotopic (exact) mass is 270 g/mol. The van der Waals surface area contributed by atoms with Crippen LogP contribution in [0.4, 0.5) is 4.39 Å². The molecule has 0 heterocycles. The maximum Gasteiger partial charge on any atom is 0.145 e. The van der Waals surface area contributed by atoms with Crippen LogP contribution in [-0.4, -0.2) is 0 Å². The SMILES string of the molecule is Cc1cc(Oc2ccccc2C#N)c(C(C)N)cc1F. The molecule has 0 saturated carbocycles. The number of aryl methyl sites for hydroxylation is 1. The highest BCUT2D eigenvalue weighted by molar-refractivity contribution is 5.48. The van der Waals surface area contributed by atoms with E-state index in [1.54, 1.807) is 44.2 Å². The zero-order valence-corrected chi connectivity index (χ0v) is 11.4. The van der Waals surface area contributed by atoms with E-state index in [1.165, 1.54) is 6.07 Å². The summed E-state index contributed by atoms with van der Waals surface area (Å²) in [6.45, 7) is 3.41. The predicted octanol–water partition coefficient (Wildman–Crippen LogP) is 3.82. The fourth-order valence-corrected chi connectivity index (χ4v) is 1.88. The number of hydrogen-bond acceptors (Lipinski definition) is 3. The van der Waals surface area contributed by atoms with Gasteiger partial charge in [0.05, 0.1) is 5.56 Å². The van der Waals surface area contributed by atoms with Gasteiger partial charge in [0.1, 0.15) is 23.4 Å². The van der Waals surface area contributed by atoms with E-state index in [-0.39, 0.29) is 11.9 Å². The number of rotatable bonds is 3. The second kappa shape index (κ2) is 5.72. The first-order chi connectivity index (χ1) is 9.52. The molecule has 20 heavy (non-hydrogen) atoms. The number of ether oxygens (including phenoxy) is 1. The van der Waals surface area contributed by atoms with Gasteiger partial charge in [-0.15, -0.1) is 0 Å². The van der Waals surface area contributed by atoms with Gasteiger partial charge in [-0.3, -0.25) is 0 Å². The van der Waals surface area contributed by atoms with E-state index in [1.807, 2.05) is 0 Å². The molecule has 1 unspecified atom stereocenters. The molecule has 0 bridgehead atoms. The molecule has 0 saturated heterocycles. The second-order valence-corrected chi connectivity index (χ2v) is 4.64. The average Bonchev–Trinajstić information content (AvgIpc) is 2.43. The second-order valence-electron chi connectivity index (χ2n) is 4.64. The lowest BCUT2D eigenvalue weighted by Gasteiger charge is -2.15. The third kappa shape index (κ3) is 2.79. The Hall–Kier alpha value is -2.38. The van der Waals surface area contributed by atoms with Crippen LogP contribution in [0.2, 0.25) is 0 Å². The lowest BCUT2D eigenvalue weighted by atomic mass is 10.0. The van der Waals surface area contributed by atoms with Crippen LogP contribution in [0.1, 0.15) is 29.7 Å². The number of hydrogen-bond donors (Lipinski definition) is 1. The molecule has 2 N–H and O–H groups in total. The Morgan fingerprint density at radius 3 is 2.60 bits per heavy atom. The fourth-order valence-electron chi connectivity index (χ4n) is 1.88. The summed E-state index contributed by atoms with van der Waals surface area (Å²) in [7, 11) is 0. The van der Waals surface area contributed by atoms with E-state index < -0.39 is 0 Å². The molecule has 102 valence electrons. The van der Waals surface area contributed by atoms with Gasteiger partial charge in [-0.25, -0.2) is 4.39 Å². The molecule has 0 fully saturated rings. The van der Waals surface area contributed by atoms with Crippen LogP contribution in [0.25, 0.3) is 0 Å². The Bertz CT molecular complexity index is 675. The summed E-state index contributed by atoms with van der Waals surface area (Å²) in [5.41, 5.74) is 7.31. The van der Waals surface area contributed by atoms with Gasteiger partial charge >= 0.3 is 0 Å². The summed E-state index contributed by atoms with van der Waals surface area (Å²) in [5, 5.41) is 9.06. The molecule has 0 aliphatic rings. The molecule has 4 heteroatoms. The molecule has 1 atom stereocenters. The zero-order chi connectivity index (χ0) is 14.7. The molecule has 2 rings (SSSR count). The van der Waals surface area contributed by atoms with Crippen LogP contribution in [0.15, 0.2) is 36.4 Å². The summed E-state index contributed by atoms with van der Waals surface area (Å²) in [6, 6.07) is 11.6. The average molecular weight is 270 g/mol. The van der Waals surface area contributed by atoms with Crippen molar-refractivity contribution in [3.05, 3.63) is 58.9 Å². The van der Waals surface area contributed by atoms with Crippen molar-refractivity contribution in [3.63, 3.8) is 0 Å². The first kappa shape index (κ1) is 14.0. The van der Waals surface area contributed by atoms with Gasteiger partial charge < -0.3 is 10.5 Å². The van der Waals surface area contributed by atoms with Crippen LogP contribution < -0.4 is 10.5 Å². The highest BCUT2D eigenvalue weighted by atomic mass is 19.1. The maximum absolute atomic E-state index is 13.6. The Morgan fingerprint density at radius 1 is 1.25 bits per heavy atom. The van der Waals surface area contributed by atoms with Crippen molar-refractivity contribution >= 4 is 0 Å². The number of nitrogens with zero attached hydrogens (tertiary/aromatic N) is 1. The Morgan fingerprint density at radius 2 is 1.95 bits per heavy atom. The summed E-state index contributed by atoms with van der Waals surface area (Å²) in [4.78, 5) is 0. The standard InChI is InChI=1S/C16H15FN2O/c1-10-7-16(13(11(2)19)8-14(10)17)20-15-6-4-3-5-12(15)9-18/h3-8,11H,19H2,1-2H3. The number of para-hydroxylation sites is 1. The van der Waals surface area contributed by atoms with E-state index in [9.17, 15) is 4.39 Å². The van der Waals surface area contributed by atoms with E-state index in [0.717, 1.165) is 0 Å². The summed E-state index contributed by atoms with van der Waals surface area (Å²) in [5.74, 6) is 0.586. The Balaban J connectivity index is 2.48. The number of nitrogens with two attached hydrogens (primary N) is 1. The van der Waals surface area contributed by atoms with Crippen LogP contribution in [0.3, 0.4) is 0 Å². The van der Waals surface area contributed by atoms with Crippen molar-refractivity contribution in [2.75, 3.05) is 0 Å². The van der Waals surface area contributed by atoms with Crippen molar-refractivity contribution in [2.45, 2.75) is 19.9 Å². The Labute approximate surface area is 117 Å². The molecule has 0 spiro atoms. The third-order valence-electron chi connectivity index (χ3n) is 3.01. The normalized spacial score (nSPS) is 11.8. The lowest BCUT2D eigenvalue weighted by Crippen LogP contribution is -2.08. The van der Waals surface area contributed by atoms with Crippen molar-refractivity contribution in [2.24, 2.45) is 5.73 Å². The first-order valence-electron chi connectivity index (χ1n) is 6.25. The molecule has 0 amide bonds. The van der Waals surface area contributed by atoms with Gasteiger partial charge in [-0.2, -0.15) is 5.26 Å². The minimum absolute atomic E-state index is 0.321.